The fourth-order valence-corrected chi connectivity index (χ4v) is 1.50. The summed E-state index contributed by atoms with van der Waals surface area (Å²) in [6.07, 6.45) is 0. The van der Waals surface area contributed by atoms with Gasteiger partial charge in [0, 0.05) is 0 Å². The molecule has 0 bridgehead atoms. The average molecular weight is 238 g/mol. The van der Waals surface area contributed by atoms with Crippen LogP contribution in [0.15, 0.2) is 18.2 Å². The summed E-state index contributed by atoms with van der Waals surface area (Å²) in [6.45, 7) is 3.44. The van der Waals surface area contributed by atoms with E-state index in [1.165, 1.54) is 18.2 Å². The molecule has 1 aromatic rings. The maximum Gasteiger partial charge on any atom is 0.335 e. The van der Waals surface area contributed by atoms with Gasteiger partial charge < -0.3 is 14.9 Å². The summed E-state index contributed by atoms with van der Waals surface area (Å²) < 4.78 is 4.82. The van der Waals surface area contributed by atoms with Crippen molar-refractivity contribution in [3.63, 3.8) is 0 Å². The molecule has 0 fully saturated rings. The number of hydrogen-bond acceptors (Lipinski definition) is 4. The molecule has 0 radical (unpaired) electrons. The van der Waals surface area contributed by atoms with Crippen LogP contribution in [0.2, 0.25) is 0 Å². The summed E-state index contributed by atoms with van der Waals surface area (Å²) in [7, 11) is 0. The van der Waals surface area contributed by atoms with Crippen molar-refractivity contribution in [1.29, 1.82) is 0 Å². The predicted octanol–water partition coefficient (Wildman–Crippen LogP) is 1.76. The zero-order chi connectivity index (χ0) is 13.0. The van der Waals surface area contributed by atoms with Gasteiger partial charge in [-0.15, -0.1) is 0 Å². The first-order valence-electron chi connectivity index (χ1n) is 5.20. The van der Waals surface area contributed by atoms with Crippen LogP contribution in [0.1, 0.15) is 35.7 Å². The van der Waals surface area contributed by atoms with E-state index in [2.05, 4.69) is 0 Å². The van der Waals surface area contributed by atoms with Crippen LogP contribution in [-0.4, -0.2) is 28.8 Å². The molecule has 92 valence electrons. The van der Waals surface area contributed by atoms with Crippen molar-refractivity contribution < 1.29 is 24.5 Å². The van der Waals surface area contributed by atoms with Crippen LogP contribution in [0, 0.1) is 0 Å². The van der Waals surface area contributed by atoms with Crippen LogP contribution in [0.3, 0.4) is 0 Å². The molecule has 0 aromatic heterocycles. The average Bonchev–Trinajstić information content (AvgIpc) is 2.27. The molecule has 5 heteroatoms. The lowest BCUT2D eigenvalue weighted by Crippen LogP contribution is -2.16. The second-order valence-corrected chi connectivity index (χ2v) is 3.55. The first-order valence-corrected chi connectivity index (χ1v) is 5.20. The van der Waals surface area contributed by atoms with Crippen molar-refractivity contribution in [2.75, 3.05) is 6.61 Å². The number of hydrogen-bond donors (Lipinski definition) is 2. The molecule has 2 N–H and O–H groups in total. The lowest BCUT2D eigenvalue weighted by molar-refractivity contribution is -0.144. The van der Waals surface area contributed by atoms with Crippen molar-refractivity contribution in [3.05, 3.63) is 29.3 Å². The minimum atomic E-state index is -1.14. The van der Waals surface area contributed by atoms with E-state index in [-0.39, 0.29) is 23.5 Å². The van der Waals surface area contributed by atoms with Crippen molar-refractivity contribution in [3.8, 4) is 5.75 Å². The van der Waals surface area contributed by atoms with Crippen LogP contribution < -0.4 is 0 Å². The lowest BCUT2D eigenvalue weighted by atomic mass is 9.95. The van der Waals surface area contributed by atoms with Gasteiger partial charge in [-0.1, -0.05) is 0 Å². The van der Waals surface area contributed by atoms with Crippen LogP contribution in [0.25, 0.3) is 0 Å². The molecule has 1 unspecified atom stereocenters. The SMILES string of the molecule is CCOC(=O)C(C)c1cc(O)ccc1C(=O)O. The van der Waals surface area contributed by atoms with Crippen molar-refractivity contribution in [2.24, 2.45) is 0 Å². The van der Waals surface area contributed by atoms with E-state index < -0.39 is 17.9 Å². The maximum absolute atomic E-state index is 11.5. The van der Waals surface area contributed by atoms with Gasteiger partial charge in [-0.2, -0.15) is 0 Å². The number of rotatable bonds is 4. The maximum atomic E-state index is 11.5. The zero-order valence-electron chi connectivity index (χ0n) is 9.64. The highest BCUT2D eigenvalue weighted by Crippen LogP contribution is 2.25. The standard InChI is InChI=1S/C12H14O5/c1-3-17-12(16)7(2)10-6-8(13)4-5-9(10)11(14)15/h4-7,13H,3H2,1-2H3,(H,14,15). The Morgan fingerprint density at radius 2 is 2.06 bits per heavy atom. The van der Waals surface area contributed by atoms with Gasteiger partial charge in [0.05, 0.1) is 18.1 Å². The number of phenolic OH excluding ortho intramolecular Hbond substituents is 1. The Labute approximate surface area is 98.6 Å². The number of carbonyl (C=O) groups is 2. The molecule has 0 saturated carbocycles. The smallest absolute Gasteiger partial charge is 0.335 e. The number of benzene rings is 1. The molecular formula is C12H14O5. The quantitative estimate of drug-likeness (QED) is 0.781. The highest BCUT2D eigenvalue weighted by molar-refractivity contribution is 5.92. The number of carboxylic acid groups (broad SMARTS) is 1. The highest BCUT2D eigenvalue weighted by Gasteiger charge is 2.22. The van der Waals surface area contributed by atoms with Crippen molar-refractivity contribution in [1.82, 2.24) is 0 Å². The first-order chi connectivity index (χ1) is 7.97. The molecule has 17 heavy (non-hydrogen) atoms. The third kappa shape index (κ3) is 2.96. The molecule has 1 aromatic carbocycles. The van der Waals surface area contributed by atoms with Gasteiger partial charge in [-0.25, -0.2) is 4.79 Å². The van der Waals surface area contributed by atoms with Gasteiger partial charge >= 0.3 is 11.9 Å². The van der Waals surface area contributed by atoms with Gasteiger partial charge in [-0.05, 0) is 37.6 Å². The number of ether oxygens (including phenoxy) is 1. The topological polar surface area (TPSA) is 83.8 Å². The molecule has 1 rings (SSSR count). The number of aromatic carboxylic acids is 1. The van der Waals surface area contributed by atoms with E-state index >= 15 is 0 Å². The normalized spacial score (nSPS) is 11.9. The number of carbonyl (C=O) groups excluding carboxylic acids is 1. The predicted molar refractivity (Wildman–Crippen MR) is 60.1 cm³/mol. The van der Waals surface area contributed by atoms with E-state index in [0.29, 0.717) is 0 Å². The molecule has 1 atom stereocenters. The van der Waals surface area contributed by atoms with E-state index in [1.54, 1.807) is 13.8 Å². The van der Waals surface area contributed by atoms with E-state index in [9.17, 15) is 14.7 Å². The van der Waals surface area contributed by atoms with Gasteiger partial charge in [0.25, 0.3) is 0 Å². The van der Waals surface area contributed by atoms with Crippen LogP contribution in [0.5, 0.6) is 5.75 Å². The number of phenols is 1. The highest BCUT2D eigenvalue weighted by atomic mass is 16.5. The molecule has 0 heterocycles. The largest absolute Gasteiger partial charge is 0.508 e. The van der Waals surface area contributed by atoms with Crippen molar-refractivity contribution in [2.45, 2.75) is 19.8 Å². The minimum Gasteiger partial charge on any atom is -0.508 e. The third-order valence-corrected chi connectivity index (χ3v) is 2.37. The fraction of sp³-hybridized carbons (Fsp3) is 0.333. The van der Waals surface area contributed by atoms with Crippen molar-refractivity contribution >= 4 is 11.9 Å². The Hall–Kier alpha value is -2.04. The fourth-order valence-electron chi connectivity index (χ4n) is 1.50. The molecule has 0 spiro atoms. The first kappa shape index (κ1) is 13.0. The van der Waals surface area contributed by atoms with Gasteiger partial charge in [-0.3, -0.25) is 4.79 Å². The molecule has 0 aliphatic rings. The van der Waals surface area contributed by atoms with Crippen LogP contribution >= 0.6 is 0 Å². The van der Waals surface area contributed by atoms with Gasteiger partial charge in [0.1, 0.15) is 5.75 Å². The van der Waals surface area contributed by atoms with E-state index in [0.717, 1.165) is 0 Å². The molecule has 5 nitrogen and oxygen atoms in total. The summed E-state index contributed by atoms with van der Waals surface area (Å²) >= 11 is 0. The second kappa shape index (κ2) is 5.34. The zero-order valence-corrected chi connectivity index (χ0v) is 9.64. The number of carboxylic acids is 1. The Morgan fingerprint density at radius 3 is 2.59 bits per heavy atom. The molecule has 0 amide bonds. The Bertz CT molecular complexity index is 439. The van der Waals surface area contributed by atoms with Gasteiger partial charge in [0.2, 0.25) is 0 Å². The Balaban J connectivity index is 3.14. The number of aromatic hydroxyl groups is 1. The van der Waals surface area contributed by atoms with Gasteiger partial charge in [0.15, 0.2) is 0 Å². The second-order valence-electron chi connectivity index (χ2n) is 3.55. The summed E-state index contributed by atoms with van der Waals surface area (Å²) in [4.78, 5) is 22.5. The molecule has 0 aliphatic carbocycles. The van der Waals surface area contributed by atoms with Crippen LogP contribution in [-0.2, 0) is 9.53 Å². The molecular weight excluding hydrogens is 224 g/mol. The lowest BCUT2D eigenvalue weighted by Gasteiger charge is -2.13. The van der Waals surface area contributed by atoms with E-state index in [4.69, 9.17) is 9.84 Å². The summed E-state index contributed by atoms with van der Waals surface area (Å²) in [5.74, 6) is -2.47. The monoisotopic (exact) mass is 238 g/mol. The summed E-state index contributed by atoms with van der Waals surface area (Å²) in [5, 5.41) is 18.3. The number of esters is 1. The molecule has 0 aliphatic heterocycles. The summed E-state index contributed by atoms with van der Waals surface area (Å²) in [5.41, 5.74) is 0.235. The summed E-state index contributed by atoms with van der Waals surface area (Å²) in [6, 6.07) is 3.80. The Kier molecular flexibility index (Phi) is 4.09. The van der Waals surface area contributed by atoms with Crippen LogP contribution in [0.4, 0.5) is 0 Å². The molecule has 0 saturated heterocycles. The minimum absolute atomic E-state index is 0.0108. The van der Waals surface area contributed by atoms with E-state index in [1.807, 2.05) is 0 Å². The Morgan fingerprint density at radius 1 is 1.41 bits per heavy atom. The third-order valence-electron chi connectivity index (χ3n) is 2.37.